The van der Waals surface area contributed by atoms with Crippen LogP contribution in [0.25, 0.3) is 0 Å². The van der Waals surface area contributed by atoms with Gasteiger partial charge in [-0.05, 0) is 62.1 Å². The molecule has 0 aliphatic carbocycles. The van der Waals surface area contributed by atoms with E-state index in [1.165, 1.54) is 50.3 Å². The van der Waals surface area contributed by atoms with Gasteiger partial charge < -0.3 is 5.32 Å². The van der Waals surface area contributed by atoms with Crippen LogP contribution in [0.4, 0.5) is 0 Å². The Bertz CT molecular complexity index is 130. The second kappa shape index (κ2) is 7.58. The first-order valence-electron chi connectivity index (χ1n) is 6.07. The van der Waals surface area contributed by atoms with Gasteiger partial charge >= 0.3 is 0 Å². The van der Waals surface area contributed by atoms with E-state index in [0.717, 1.165) is 11.8 Å². The minimum absolute atomic E-state index is 0.876. The maximum atomic E-state index is 3.42. The molecule has 0 amide bonds. The van der Waals surface area contributed by atoms with Gasteiger partial charge in [-0.25, -0.2) is 0 Å². The first kappa shape index (κ1) is 12.4. The smallest absolute Gasteiger partial charge is 0.00463 e. The Morgan fingerprint density at radius 1 is 1.21 bits per heavy atom. The van der Waals surface area contributed by atoms with Crippen molar-refractivity contribution in [1.29, 1.82) is 0 Å². The van der Waals surface area contributed by atoms with E-state index in [9.17, 15) is 0 Å². The monoisotopic (exact) mass is 215 g/mol. The van der Waals surface area contributed by atoms with Crippen molar-refractivity contribution in [2.75, 3.05) is 24.6 Å². The van der Waals surface area contributed by atoms with Crippen molar-refractivity contribution in [3.63, 3.8) is 0 Å². The fraction of sp³-hybridized carbons (Fsp3) is 1.00. The number of hydrogen-bond acceptors (Lipinski definition) is 2. The van der Waals surface area contributed by atoms with Crippen LogP contribution in [0.15, 0.2) is 0 Å². The van der Waals surface area contributed by atoms with E-state index in [4.69, 9.17) is 0 Å². The van der Waals surface area contributed by atoms with Gasteiger partial charge in [0, 0.05) is 0 Å². The standard InChI is InChI=1S/C12H25NS/c1-11(2)5-9-14-10-6-12-3-7-13-8-4-12/h11-13H,3-10H2,1-2H3. The number of hydrogen-bond donors (Lipinski definition) is 1. The lowest BCUT2D eigenvalue weighted by Crippen LogP contribution is -2.27. The van der Waals surface area contributed by atoms with Gasteiger partial charge in [0.2, 0.25) is 0 Å². The third kappa shape index (κ3) is 5.92. The highest BCUT2D eigenvalue weighted by atomic mass is 32.2. The summed E-state index contributed by atoms with van der Waals surface area (Å²) in [5.74, 6) is 4.64. The highest BCUT2D eigenvalue weighted by Gasteiger charge is 2.11. The molecule has 1 N–H and O–H groups in total. The molecule has 0 unspecified atom stereocenters. The summed E-state index contributed by atoms with van der Waals surface area (Å²) in [6.45, 7) is 7.13. The maximum Gasteiger partial charge on any atom is -0.00463 e. The molecule has 1 rings (SSSR count). The molecule has 1 heterocycles. The van der Waals surface area contributed by atoms with Crippen LogP contribution < -0.4 is 5.32 Å². The van der Waals surface area contributed by atoms with Crippen LogP contribution in [-0.4, -0.2) is 24.6 Å². The van der Waals surface area contributed by atoms with Gasteiger partial charge in [-0.3, -0.25) is 0 Å². The van der Waals surface area contributed by atoms with Crippen LogP contribution in [0.2, 0.25) is 0 Å². The molecule has 0 aromatic rings. The van der Waals surface area contributed by atoms with Crippen molar-refractivity contribution < 1.29 is 0 Å². The van der Waals surface area contributed by atoms with Crippen LogP contribution in [0.1, 0.15) is 39.5 Å². The summed E-state index contributed by atoms with van der Waals surface area (Å²) >= 11 is 2.15. The molecule has 0 radical (unpaired) electrons. The molecule has 1 aliphatic heterocycles. The quantitative estimate of drug-likeness (QED) is 0.683. The number of piperidine rings is 1. The summed E-state index contributed by atoms with van der Waals surface area (Å²) in [4.78, 5) is 0. The highest BCUT2D eigenvalue weighted by molar-refractivity contribution is 7.99. The van der Waals surface area contributed by atoms with E-state index in [0.29, 0.717) is 0 Å². The van der Waals surface area contributed by atoms with Crippen LogP contribution >= 0.6 is 11.8 Å². The molecule has 1 saturated heterocycles. The van der Waals surface area contributed by atoms with Gasteiger partial charge in [-0.2, -0.15) is 11.8 Å². The summed E-state index contributed by atoms with van der Waals surface area (Å²) in [5, 5.41) is 3.42. The van der Waals surface area contributed by atoms with Crippen molar-refractivity contribution >= 4 is 11.8 Å². The van der Waals surface area contributed by atoms with Gasteiger partial charge in [-0.15, -0.1) is 0 Å². The minimum atomic E-state index is 0.876. The molecule has 1 nitrogen and oxygen atoms in total. The predicted octanol–water partition coefficient (Wildman–Crippen LogP) is 3.16. The molecule has 1 fully saturated rings. The molecule has 0 bridgehead atoms. The van der Waals surface area contributed by atoms with Crippen molar-refractivity contribution in [3.05, 3.63) is 0 Å². The fourth-order valence-electron chi connectivity index (χ4n) is 1.84. The zero-order valence-electron chi connectivity index (χ0n) is 9.72. The zero-order valence-corrected chi connectivity index (χ0v) is 10.5. The minimum Gasteiger partial charge on any atom is -0.317 e. The van der Waals surface area contributed by atoms with Gasteiger partial charge in [0.25, 0.3) is 0 Å². The summed E-state index contributed by atoms with van der Waals surface area (Å²) in [7, 11) is 0. The Labute approximate surface area is 93.4 Å². The summed E-state index contributed by atoms with van der Waals surface area (Å²) in [5.41, 5.74) is 0. The Kier molecular flexibility index (Phi) is 6.70. The lowest BCUT2D eigenvalue weighted by atomic mass is 9.96. The topological polar surface area (TPSA) is 12.0 Å². The maximum absolute atomic E-state index is 3.42. The van der Waals surface area contributed by atoms with Gasteiger partial charge in [0.15, 0.2) is 0 Å². The third-order valence-corrected chi connectivity index (χ3v) is 4.02. The lowest BCUT2D eigenvalue weighted by molar-refractivity contribution is 0.367. The SMILES string of the molecule is CC(C)CCSCCC1CCNCC1. The Hall–Kier alpha value is 0.310. The van der Waals surface area contributed by atoms with E-state index in [2.05, 4.69) is 30.9 Å². The highest BCUT2D eigenvalue weighted by Crippen LogP contribution is 2.19. The third-order valence-electron chi connectivity index (χ3n) is 2.97. The molecule has 0 spiro atoms. The molecule has 14 heavy (non-hydrogen) atoms. The Balaban J connectivity index is 1.87. The number of thioether (sulfide) groups is 1. The average molecular weight is 215 g/mol. The van der Waals surface area contributed by atoms with Crippen LogP contribution in [0.5, 0.6) is 0 Å². The zero-order chi connectivity index (χ0) is 10.2. The van der Waals surface area contributed by atoms with Crippen molar-refractivity contribution in [2.45, 2.75) is 39.5 Å². The van der Waals surface area contributed by atoms with Gasteiger partial charge in [0.05, 0.1) is 0 Å². The number of nitrogens with one attached hydrogen (secondary N) is 1. The molecule has 2 heteroatoms. The van der Waals surface area contributed by atoms with E-state index in [1.807, 2.05) is 0 Å². The van der Waals surface area contributed by atoms with Crippen LogP contribution in [0, 0.1) is 11.8 Å². The van der Waals surface area contributed by atoms with Crippen molar-refractivity contribution in [3.8, 4) is 0 Å². The Morgan fingerprint density at radius 2 is 1.93 bits per heavy atom. The number of rotatable bonds is 6. The lowest BCUT2D eigenvalue weighted by Gasteiger charge is -2.22. The molecular weight excluding hydrogens is 190 g/mol. The largest absolute Gasteiger partial charge is 0.317 e. The normalized spacial score (nSPS) is 19.1. The summed E-state index contributed by atoms with van der Waals surface area (Å²) < 4.78 is 0. The molecule has 0 atom stereocenters. The van der Waals surface area contributed by atoms with E-state index < -0.39 is 0 Å². The van der Waals surface area contributed by atoms with E-state index in [-0.39, 0.29) is 0 Å². The van der Waals surface area contributed by atoms with Crippen molar-refractivity contribution in [2.24, 2.45) is 11.8 Å². The molecular formula is C12H25NS. The summed E-state index contributed by atoms with van der Waals surface area (Å²) in [6.07, 6.45) is 5.65. The second-order valence-corrected chi connectivity index (χ2v) is 6.00. The summed E-state index contributed by atoms with van der Waals surface area (Å²) in [6, 6.07) is 0. The Morgan fingerprint density at radius 3 is 2.57 bits per heavy atom. The fourth-order valence-corrected chi connectivity index (χ4v) is 3.18. The molecule has 0 aromatic heterocycles. The van der Waals surface area contributed by atoms with Gasteiger partial charge in [-0.1, -0.05) is 13.8 Å². The molecule has 84 valence electrons. The van der Waals surface area contributed by atoms with Crippen LogP contribution in [-0.2, 0) is 0 Å². The van der Waals surface area contributed by atoms with Crippen LogP contribution in [0.3, 0.4) is 0 Å². The first-order valence-corrected chi connectivity index (χ1v) is 7.23. The molecule has 1 aliphatic rings. The molecule has 0 saturated carbocycles. The first-order chi connectivity index (χ1) is 6.79. The predicted molar refractivity (Wildman–Crippen MR) is 67.0 cm³/mol. The van der Waals surface area contributed by atoms with Gasteiger partial charge in [0.1, 0.15) is 0 Å². The molecule has 0 aromatic carbocycles. The van der Waals surface area contributed by atoms with E-state index >= 15 is 0 Å². The van der Waals surface area contributed by atoms with Crippen molar-refractivity contribution in [1.82, 2.24) is 5.32 Å². The average Bonchev–Trinajstić information content (AvgIpc) is 2.18. The second-order valence-electron chi connectivity index (χ2n) is 4.78. The van der Waals surface area contributed by atoms with E-state index in [1.54, 1.807) is 0 Å².